The summed E-state index contributed by atoms with van der Waals surface area (Å²) in [6, 6.07) is 133. The van der Waals surface area contributed by atoms with Crippen LogP contribution in [0.5, 0.6) is 0 Å². The van der Waals surface area contributed by atoms with Crippen molar-refractivity contribution in [3.8, 4) is 61.8 Å². The lowest BCUT2D eigenvalue weighted by molar-refractivity contribution is 1.18. The van der Waals surface area contributed by atoms with E-state index < -0.39 is 0 Å². The average Bonchev–Trinajstić information content (AvgIpc) is 1.65. The highest BCUT2D eigenvalue weighted by atomic mass is 35.5. The second-order valence-corrected chi connectivity index (χ2v) is 29.4. The second-order valence-electron chi connectivity index (χ2n) is 29.0. The molecule has 0 amide bonds. The highest BCUT2D eigenvalue weighted by molar-refractivity contribution is 6.30. The predicted octanol–water partition coefficient (Wildman–Crippen LogP) is 27.8. The van der Waals surface area contributed by atoms with Gasteiger partial charge in [-0.3, -0.25) is 9.97 Å². The fourth-order valence-corrected chi connectivity index (χ4v) is 17.5. The fraction of sp³-hybridized carbons (Fsp3) is 0. The molecule has 0 aliphatic rings. The minimum absolute atomic E-state index is 0.717. The molecule has 0 atom stereocenters. The van der Waals surface area contributed by atoms with Crippen LogP contribution < -0.4 is 0 Å². The molecule has 0 aliphatic carbocycles. The number of aromatic nitrogens is 8. The molecule has 6 heterocycles. The summed E-state index contributed by atoms with van der Waals surface area (Å²) in [5, 5.41) is 20.1. The van der Waals surface area contributed by atoms with Gasteiger partial charge in [0.05, 0.1) is 78.9 Å². The largest absolute Gasteiger partial charge is 0.354 e. The Morgan fingerprint density at radius 3 is 0.991 bits per heavy atom. The molecule has 0 bridgehead atoms. The lowest BCUT2D eigenvalue weighted by Crippen LogP contribution is -1.95. The number of halogens is 1. The first-order valence-electron chi connectivity index (χ1n) is 38.2. The summed E-state index contributed by atoms with van der Waals surface area (Å²) in [4.78, 5) is 23.5. The summed E-state index contributed by atoms with van der Waals surface area (Å²) in [7, 11) is 0. The zero-order chi connectivity index (χ0) is 74.6. The second kappa shape index (κ2) is 26.8. The van der Waals surface area contributed by atoms with Crippen LogP contribution in [0.2, 0.25) is 5.02 Å². The van der Waals surface area contributed by atoms with Crippen molar-refractivity contribution in [2.75, 3.05) is 0 Å². The third kappa shape index (κ3) is 11.0. The standard InChI is InChI=1S/C52H32N4.C30H20N2.C22H13ClN2/c1-2-12-36(13-3-1)55-48-21-11-9-17-41(48)45-30-34(25-29-49(45)55)35-24-28-42-40-16-8-10-20-47(40)56(50(42)31-35)37-26-22-33(23-27-37)46-32-53-51-43-18-6-4-14-38(43)39-15-5-7-19-44(39)52(51)54-46;1-2-8-22(9-3-1)32-29-13-7-5-11-25(29)26-18-20(15-17-30(26)32)21-14-16-24-23-10-4-6-12-27(23)31-28(24)19-21;23-15-11-9-14(10-12-15)20-13-24-21-18-7-3-1-5-16(18)17-6-2-4-8-19(17)22(21)25-20/h1-32H;1-19,31H;1-13H. The molecule has 6 aromatic heterocycles. The van der Waals surface area contributed by atoms with Crippen LogP contribution in [0.1, 0.15) is 0 Å². The van der Waals surface area contributed by atoms with Crippen LogP contribution in [-0.2, 0) is 0 Å². The van der Waals surface area contributed by atoms with Gasteiger partial charge in [-0.05, 0) is 153 Å². The molecule has 0 unspecified atom stereocenters. The minimum atomic E-state index is 0.717. The Balaban J connectivity index is 0.000000115. The fourth-order valence-electron chi connectivity index (χ4n) is 17.4. The number of aromatic amines is 1. The number of rotatable bonds is 7. The van der Waals surface area contributed by atoms with Crippen molar-refractivity contribution in [3.05, 3.63) is 394 Å². The molecule has 9 heteroatoms. The number of para-hydroxylation sites is 6. The predicted molar refractivity (Wildman–Crippen MR) is 475 cm³/mol. The molecule has 0 spiro atoms. The molecule has 8 nitrogen and oxygen atoms in total. The molecule has 0 radical (unpaired) electrons. The van der Waals surface area contributed by atoms with Gasteiger partial charge in [0.1, 0.15) is 0 Å². The number of hydrogen-bond donors (Lipinski definition) is 1. The van der Waals surface area contributed by atoms with Crippen LogP contribution in [0, 0.1) is 0 Å². The Kier molecular flexibility index (Phi) is 15.5. The molecular weight excluding hydrogens is 1400 g/mol. The van der Waals surface area contributed by atoms with E-state index >= 15 is 0 Å². The molecule has 24 aromatic rings. The Morgan fingerprint density at radius 1 is 0.204 bits per heavy atom. The van der Waals surface area contributed by atoms with Gasteiger partial charge in [0, 0.05) is 109 Å². The maximum atomic E-state index is 6.00. The van der Waals surface area contributed by atoms with Crippen molar-refractivity contribution in [2.24, 2.45) is 0 Å². The van der Waals surface area contributed by atoms with Crippen molar-refractivity contribution in [2.45, 2.75) is 0 Å². The van der Waals surface area contributed by atoms with Gasteiger partial charge in [-0.25, -0.2) is 9.97 Å². The number of benzene rings is 18. The first kappa shape index (κ1) is 65.3. The average molecular weight is 1460 g/mol. The first-order valence-corrected chi connectivity index (χ1v) is 38.5. The molecule has 0 fully saturated rings. The van der Waals surface area contributed by atoms with Crippen LogP contribution >= 0.6 is 11.6 Å². The van der Waals surface area contributed by atoms with Crippen molar-refractivity contribution < 1.29 is 0 Å². The van der Waals surface area contributed by atoms with Crippen molar-refractivity contribution in [1.82, 2.24) is 38.6 Å². The molecule has 1 N–H and O–H groups in total. The van der Waals surface area contributed by atoms with Gasteiger partial charge < -0.3 is 18.7 Å². The summed E-state index contributed by atoms with van der Waals surface area (Å²) in [6.07, 6.45) is 3.76. The van der Waals surface area contributed by atoms with E-state index in [-0.39, 0.29) is 0 Å². The van der Waals surface area contributed by atoms with Crippen LogP contribution in [0.3, 0.4) is 0 Å². The van der Waals surface area contributed by atoms with E-state index in [1.54, 1.807) is 0 Å². The quantitative estimate of drug-likeness (QED) is 0.161. The minimum Gasteiger partial charge on any atom is -0.354 e. The van der Waals surface area contributed by atoms with Crippen LogP contribution in [0.25, 0.3) is 214 Å². The van der Waals surface area contributed by atoms with Crippen LogP contribution in [0.4, 0.5) is 0 Å². The lowest BCUT2D eigenvalue weighted by atomic mass is 9.99. The van der Waals surface area contributed by atoms with E-state index in [1.165, 1.54) is 137 Å². The molecule has 528 valence electrons. The van der Waals surface area contributed by atoms with Crippen LogP contribution in [-0.4, -0.2) is 38.6 Å². The van der Waals surface area contributed by atoms with Crippen molar-refractivity contribution >= 4 is 164 Å². The third-order valence-corrected chi connectivity index (χ3v) is 22.9. The normalized spacial score (nSPS) is 11.8. The van der Waals surface area contributed by atoms with E-state index in [2.05, 4.69) is 358 Å². The summed E-state index contributed by atoms with van der Waals surface area (Å²) >= 11 is 6.00. The molecule has 18 aromatic carbocycles. The highest BCUT2D eigenvalue weighted by Gasteiger charge is 2.21. The SMILES string of the molecule is Clc1ccc(-c2cnc3c4ccccc4c4ccccc4c3n2)cc1.c1ccc(-n2c3ccccc3c3cc(-c4ccc5c(c4)[nH]c4ccccc45)ccc32)cc1.c1ccc(-n2c3ccccc3c3cc(-c4ccc5c6ccccc6n(-c6ccc(-c7cnc8c9ccccc9c9ccccc9c8n7)cc6)c5c4)ccc32)cc1. The number of fused-ring (bicyclic) bond motifs is 24. The highest BCUT2D eigenvalue weighted by Crippen LogP contribution is 2.43. The molecule has 0 saturated heterocycles. The Labute approximate surface area is 653 Å². The molecule has 24 rings (SSSR count). The maximum absolute atomic E-state index is 6.00. The maximum Gasteiger partial charge on any atom is 0.0979 e. The summed E-state index contributed by atoms with van der Waals surface area (Å²) in [5.74, 6) is 0. The van der Waals surface area contributed by atoms with E-state index in [9.17, 15) is 0 Å². The number of nitrogens with one attached hydrogen (secondary N) is 1. The van der Waals surface area contributed by atoms with E-state index in [1.807, 2.05) is 48.8 Å². The van der Waals surface area contributed by atoms with Gasteiger partial charge >= 0.3 is 0 Å². The zero-order valence-corrected chi connectivity index (χ0v) is 61.7. The summed E-state index contributed by atoms with van der Waals surface area (Å²) in [5.41, 5.74) is 25.4. The van der Waals surface area contributed by atoms with Gasteiger partial charge in [0.15, 0.2) is 0 Å². The van der Waals surface area contributed by atoms with Gasteiger partial charge in [0.2, 0.25) is 0 Å². The van der Waals surface area contributed by atoms with Gasteiger partial charge in [-0.1, -0.05) is 279 Å². The Hall–Kier alpha value is -14.8. The topological polar surface area (TPSA) is 82.1 Å². The van der Waals surface area contributed by atoms with E-state index in [0.29, 0.717) is 5.02 Å². The van der Waals surface area contributed by atoms with Gasteiger partial charge in [-0.2, -0.15) is 0 Å². The number of nitrogens with zero attached hydrogens (tertiary/aromatic N) is 7. The molecular formula is C104H65ClN8. The smallest absolute Gasteiger partial charge is 0.0979 e. The molecule has 0 aliphatic heterocycles. The first-order chi connectivity index (χ1) is 56.0. The molecule has 113 heavy (non-hydrogen) atoms. The monoisotopic (exact) mass is 1460 g/mol. The van der Waals surface area contributed by atoms with E-state index in [4.69, 9.17) is 31.5 Å². The van der Waals surface area contributed by atoms with E-state index in [0.717, 1.165) is 77.5 Å². The van der Waals surface area contributed by atoms with Crippen LogP contribution in [0.15, 0.2) is 389 Å². The summed E-state index contributed by atoms with van der Waals surface area (Å²) < 4.78 is 7.12. The lowest BCUT2D eigenvalue weighted by Gasteiger charge is -2.12. The zero-order valence-electron chi connectivity index (χ0n) is 61.0. The van der Waals surface area contributed by atoms with Gasteiger partial charge in [0.25, 0.3) is 0 Å². The number of hydrogen-bond acceptors (Lipinski definition) is 4. The van der Waals surface area contributed by atoms with Gasteiger partial charge in [-0.15, -0.1) is 0 Å². The Morgan fingerprint density at radius 2 is 0.513 bits per heavy atom. The van der Waals surface area contributed by atoms with Crippen molar-refractivity contribution in [3.63, 3.8) is 0 Å². The third-order valence-electron chi connectivity index (χ3n) is 22.6. The summed E-state index contributed by atoms with van der Waals surface area (Å²) in [6.45, 7) is 0. The van der Waals surface area contributed by atoms with Crippen molar-refractivity contribution in [1.29, 1.82) is 0 Å². The number of H-pyrrole nitrogens is 1. The molecule has 0 saturated carbocycles. The Bertz CT molecular complexity index is 7860.